The Labute approximate surface area is 79.0 Å². The van der Waals surface area contributed by atoms with Crippen LogP contribution in [0.25, 0.3) is 0 Å². The summed E-state index contributed by atoms with van der Waals surface area (Å²) in [6.07, 6.45) is 6.89. The second-order valence-electron chi connectivity index (χ2n) is 4.06. The highest BCUT2D eigenvalue weighted by Gasteiger charge is 2.40. The Balaban J connectivity index is 1.95. The molecule has 13 heavy (non-hydrogen) atoms. The van der Waals surface area contributed by atoms with Gasteiger partial charge in [0.15, 0.2) is 5.79 Å². The van der Waals surface area contributed by atoms with Gasteiger partial charge in [0.1, 0.15) is 6.10 Å². The zero-order valence-corrected chi connectivity index (χ0v) is 8.00. The van der Waals surface area contributed by atoms with Crippen molar-refractivity contribution in [3.05, 3.63) is 0 Å². The van der Waals surface area contributed by atoms with Crippen molar-refractivity contribution < 1.29 is 14.6 Å². The Kier molecular flexibility index (Phi) is 2.86. The van der Waals surface area contributed by atoms with E-state index in [1.54, 1.807) is 0 Å². The summed E-state index contributed by atoms with van der Waals surface area (Å²) in [5, 5.41) is 8.95. The Morgan fingerprint density at radius 3 is 2.38 bits per heavy atom. The highest BCUT2D eigenvalue weighted by Crippen LogP contribution is 2.36. The molecular formula is C10H18O3. The van der Waals surface area contributed by atoms with E-state index in [0.717, 1.165) is 12.8 Å². The number of aliphatic hydroxyl groups excluding tert-OH is 1. The molecule has 0 radical (unpaired) electrons. The van der Waals surface area contributed by atoms with Gasteiger partial charge >= 0.3 is 0 Å². The molecule has 1 saturated heterocycles. The number of ether oxygens (including phenoxy) is 2. The van der Waals surface area contributed by atoms with Crippen LogP contribution in [0.2, 0.25) is 0 Å². The molecule has 1 aliphatic heterocycles. The van der Waals surface area contributed by atoms with Crippen molar-refractivity contribution in [2.75, 3.05) is 13.2 Å². The third-order valence-corrected chi connectivity index (χ3v) is 2.98. The lowest BCUT2D eigenvalue weighted by atomic mass is 10.1. The average molecular weight is 186 g/mol. The van der Waals surface area contributed by atoms with Gasteiger partial charge < -0.3 is 14.6 Å². The van der Waals surface area contributed by atoms with Crippen LogP contribution in [0, 0.1) is 0 Å². The first-order chi connectivity index (χ1) is 6.35. The lowest BCUT2D eigenvalue weighted by Gasteiger charge is -2.26. The molecule has 1 heterocycles. The normalized spacial score (nSPS) is 33.5. The van der Waals surface area contributed by atoms with Gasteiger partial charge in [-0.1, -0.05) is 12.8 Å². The van der Waals surface area contributed by atoms with E-state index >= 15 is 0 Å². The minimum absolute atomic E-state index is 0.0851. The van der Waals surface area contributed by atoms with E-state index in [1.165, 1.54) is 25.7 Å². The molecular weight excluding hydrogens is 168 g/mol. The quantitative estimate of drug-likeness (QED) is 0.673. The lowest BCUT2D eigenvalue weighted by molar-refractivity contribution is -0.179. The van der Waals surface area contributed by atoms with Gasteiger partial charge in [0, 0.05) is 12.8 Å². The molecule has 3 nitrogen and oxygen atoms in total. The summed E-state index contributed by atoms with van der Waals surface area (Å²) < 4.78 is 11.4. The van der Waals surface area contributed by atoms with Crippen LogP contribution in [0.5, 0.6) is 0 Å². The van der Waals surface area contributed by atoms with Crippen LogP contribution in [0.1, 0.15) is 38.5 Å². The first-order valence-corrected chi connectivity index (χ1v) is 5.27. The molecule has 2 aliphatic rings. The predicted octanol–water partition coefficient (Wildman–Crippen LogP) is 1.44. The Bertz CT molecular complexity index is 162. The Hall–Kier alpha value is -0.120. The molecule has 2 fully saturated rings. The summed E-state index contributed by atoms with van der Waals surface area (Å²) in [6.45, 7) is 0.651. The summed E-state index contributed by atoms with van der Waals surface area (Å²) in [5.41, 5.74) is 0. The van der Waals surface area contributed by atoms with E-state index in [0.29, 0.717) is 6.61 Å². The maximum absolute atomic E-state index is 8.95. The molecule has 0 aromatic carbocycles. The van der Waals surface area contributed by atoms with Gasteiger partial charge in [-0.15, -0.1) is 0 Å². The minimum atomic E-state index is -0.329. The second-order valence-corrected chi connectivity index (χ2v) is 4.06. The number of hydrogen-bond donors (Lipinski definition) is 1. The van der Waals surface area contributed by atoms with Crippen LogP contribution in [0.4, 0.5) is 0 Å². The van der Waals surface area contributed by atoms with Crippen LogP contribution >= 0.6 is 0 Å². The van der Waals surface area contributed by atoms with E-state index in [4.69, 9.17) is 14.6 Å². The molecule has 1 atom stereocenters. The van der Waals surface area contributed by atoms with Crippen molar-refractivity contribution in [3.8, 4) is 0 Å². The van der Waals surface area contributed by atoms with Gasteiger partial charge in [-0.3, -0.25) is 0 Å². The maximum Gasteiger partial charge on any atom is 0.169 e. The van der Waals surface area contributed by atoms with Gasteiger partial charge in [-0.25, -0.2) is 0 Å². The van der Waals surface area contributed by atoms with Crippen LogP contribution in [-0.2, 0) is 9.47 Å². The van der Waals surface area contributed by atoms with Crippen LogP contribution < -0.4 is 0 Å². The molecule has 0 amide bonds. The first kappa shape index (κ1) is 9.44. The highest BCUT2D eigenvalue weighted by molar-refractivity contribution is 4.80. The predicted molar refractivity (Wildman–Crippen MR) is 48.3 cm³/mol. The van der Waals surface area contributed by atoms with Crippen LogP contribution in [0.3, 0.4) is 0 Å². The minimum Gasteiger partial charge on any atom is -0.394 e. The zero-order valence-electron chi connectivity index (χ0n) is 8.00. The molecule has 2 rings (SSSR count). The Morgan fingerprint density at radius 1 is 1.15 bits per heavy atom. The number of rotatable bonds is 1. The maximum atomic E-state index is 8.95. The highest BCUT2D eigenvalue weighted by atomic mass is 16.7. The zero-order chi connectivity index (χ0) is 9.15. The summed E-state index contributed by atoms with van der Waals surface area (Å²) in [5.74, 6) is -0.329. The molecule has 3 heteroatoms. The fourth-order valence-electron chi connectivity index (χ4n) is 2.24. The molecule has 1 spiro atoms. The van der Waals surface area contributed by atoms with Gasteiger partial charge in [0.2, 0.25) is 0 Å². The molecule has 1 N–H and O–H groups in total. The third-order valence-electron chi connectivity index (χ3n) is 2.98. The van der Waals surface area contributed by atoms with Crippen molar-refractivity contribution >= 4 is 0 Å². The van der Waals surface area contributed by atoms with Crippen molar-refractivity contribution in [2.45, 2.75) is 50.4 Å². The molecule has 1 aliphatic carbocycles. The SMILES string of the molecule is OC[C@@H]1COC2(CCCCCC2)O1. The third kappa shape index (κ3) is 2.03. The van der Waals surface area contributed by atoms with Crippen LogP contribution in [0.15, 0.2) is 0 Å². The van der Waals surface area contributed by atoms with Gasteiger partial charge in [0.05, 0.1) is 13.2 Å². The van der Waals surface area contributed by atoms with Gasteiger partial charge in [0.25, 0.3) is 0 Å². The van der Waals surface area contributed by atoms with Crippen molar-refractivity contribution in [3.63, 3.8) is 0 Å². The van der Waals surface area contributed by atoms with E-state index < -0.39 is 0 Å². The van der Waals surface area contributed by atoms with E-state index in [2.05, 4.69) is 0 Å². The van der Waals surface area contributed by atoms with Crippen molar-refractivity contribution in [1.29, 1.82) is 0 Å². The second kappa shape index (κ2) is 3.95. The molecule has 0 aromatic rings. The fraction of sp³-hybridized carbons (Fsp3) is 1.00. The largest absolute Gasteiger partial charge is 0.394 e. The molecule has 1 saturated carbocycles. The number of aliphatic hydroxyl groups is 1. The molecule has 0 unspecified atom stereocenters. The van der Waals surface area contributed by atoms with E-state index in [9.17, 15) is 0 Å². The average Bonchev–Trinajstić information content (AvgIpc) is 2.40. The summed E-state index contributed by atoms with van der Waals surface area (Å²) in [4.78, 5) is 0. The molecule has 0 aromatic heterocycles. The molecule has 0 bridgehead atoms. The van der Waals surface area contributed by atoms with Crippen molar-refractivity contribution in [1.82, 2.24) is 0 Å². The van der Waals surface area contributed by atoms with Crippen LogP contribution in [-0.4, -0.2) is 30.2 Å². The van der Waals surface area contributed by atoms with Crippen molar-refractivity contribution in [2.24, 2.45) is 0 Å². The Morgan fingerprint density at radius 2 is 1.85 bits per heavy atom. The van der Waals surface area contributed by atoms with E-state index in [-0.39, 0.29) is 18.5 Å². The molecule has 76 valence electrons. The van der Waals surface area contributed by atoms with Gasteiger partial charge in [-0.2, -0.15) is 0 Å². The smallest absolute Gasteiger partial charge is 0.169 e. The first-order valence-electron chi connectivity index (χ1n) is 5.27. The van der Waals surface area contributed by atoms with E-state index in [1.807, 2.05) is 0 Å². The topological polar surface area (TPSA) is 38.7 Å². The summed E-state index contributed by atoms with van der Waals surface area (Å²) >= 11 is 0. The summed E-state index contributed by atoms with van der Waals surface area (Å²) in [7, 11) is 0. The fourth-order valence-corrected chi connectivity index (χ4v) is 2.24. The monoisotopic (exact) mass is 186 g/mol. The van der Waals surface area contributed by atoms with Gasteiger partial charge in [-0.05, 0) is 12.8 Å². The lowest BCUT2D eigenvalue weighted by Crippen LogP contribution is -2.30. The summed E-state index contributed by atoms with van der Waals surface area (Å²) in [6, 6.07) is 0. The number of hydrogen-bond acceptors (Lipinski definition) is 3. The standard InChI is InChI=1S/C10H18O3/c11-7-9-8-12-10(13-9)5-3-1-2-4-6-10/h9,11H,1-8H2/t9-/m1/s1.